The van der Waals surface area contributed by atoms with Crippen LogP contribution in [0.4, 0.5) is 5.69 Å². The standard InChI is InChI=1S/C21H31N5OS.HI/c1-4-8-19(27)26-17-10-7-9-16(13-17)14-25-21(22-6-3)23-12-11-20-24-15-18(5-2)28-20;/h7,9-10,13,15H,4-6,8,11-12,14H2,1-3H3,(H,26,27)(H2,22,23,25);1H. The van der Waals surface area contributed by atoms with Crippen LogP contribution in [0.5, 0.6) is 0 Å². The first kappa shape index (κ1) is 25.4. The monoisotopic (exact) mass is 529 g/mol. The Kier molecular flexibility index (Phi) is 12.5. The largest absolute Gasteiger partial charge is 0.357 e. The van der Waals surface area contributed by atoms with Gasteiger partial charge in [0.2, 0.25) is 5.91 Å². The summed E-state index contributed by atoms with van der Waals surface area (Å²) in [5.74, 6) is 0.835. The van der Waals surface area contributed by atoms with Crippen LogP contribution in [0.25, 0.3) is 0 Å². The van der Waals surface area contributed by atoms with Crippen molar-refractivity contribution in [1.82, 2.24) is 15.6 Å². The number of amides is 1. The Bertz CT molecular complexity index is 778. The molecule has 0 spiro atoms. The predicted octanol–water partition coefficient (Wildman–Crippen LogP) is 4.36. The van der Waals surface area contributed by atoms with Gasteiger partial charge in [-0.15, -0.1) is 35.3 Å². The lowest BCUT2D eigenvalue weighted by molar-refractivity contribution is -0.116. The highest BCUT2D eigenvalue weighted by Gasteiger charge is 2.04. The van der Waals surface area contributed by atoms with Gasteiger partial charge in [0.05, 0.1) is 11.6 Å². The van der Waals surface area contributed by atoms with Crippen molar-refractivity contribution in [3.05, 3.63) is 45.9 Å². The van der Waals surface area contributed by atoms with Crippen LogP contribution in [0.1, 0.15) is 49.1 Å². The predicted molar refractivity (Wildman–Crippen MR) is 133 cm³/mol. The molecule has 0 bridgehead atoms. The SMILES string of the molecule is CCCC(=O)Nc1cccc(CN=C(NCC)NCCc2ncc(CC)s2)c1.I. The molecule has 0 fully saturated rings. The van der Waals surface area contributed by atoms with Crippen LogP contribution >= 0.6 is 35.3 Å². The van der Waals surface area contributed by atoms with E-state index < -0.39 is 0 Å². The second kappa shape index (κ2) is 14.3. The zero-order valence-corrected chi connectivity index (χ0v) is 20.6. The minimum atomic E-state index is 0. The van der Waals surface area contributed by atoms with Crippen LogP contribution in [0.3, 0.4) is 0 Å². The van der Waals surface area contributed by atoms with Crippen molar-refractivity contribution < 1.29 is 4.79 Å². The fourth-order valence-corrected chi connectivity index (χ4v) is 3.49. The van der Waals surface area contributed by atoms with Crippen molar-refractivity contribution in [2.75, 3.05) is 18.4 Å². The number of nitrogens with zero attached hydrogens (tertiary/aromatic N) is 2. The lowest BCUT2D eigenvalue weighted by Crippen LogP contribution is -2.38. The van der Waals surface area contributed by atoms with E-state index in [0.717, 1.165) is 54.6 Å². The summed E-state index contributed by atoms with van der Waals surface area (Å²) in [6, 6.07) is 7.84. The number of carbonyl (C=O) groups excluding carboxylic acids is 1. The third kappa shape index (κ3) is 9.58. The number of carbonyl (C=O) groups is 1. The van der Waals surface area contributed by atoms with Gasteiger partial charge in [0, 0.05) is 42.7 Å². The number of rotatable bonds is 10. The fraction of sp³-hybridized carbons (Fsp3) is 0.476. The Balaban J connectivity index is 0.00000420. The molecule has 1 amide bonds. The molecule has 2 rings (SSSR count). The lowest BCUT2D eigenvalue weighted by atomic mass is 10.2. The van der Waals surface area contributed by atoms with Gasteiger partial charge in [-0.1, -0.05) is 26.0 Å². The normalized spacial score (nSPS) is 10.9. The summed E-state index contributed by atoms with van der Waals surface area (Å²) in [5.41, 5.74) is 1.87. The molecule has 1 aromatic heterocycles. The van der Waals surface area contributed by atoms with E-state index >= 15 is 0 Å². The molecule has 0 radical (unpaired) electrons. The van der Waals surface area contributed by atoms with Gasteiger partial charge in [0.25, 0.3) is 0 Å². The maximum absolute atomic E-state index is 11.8. The molecule has 1 aromatic carbocycles. The highest BCUT2D eigenvalue weighted by atomic mass is 127. The molecule has 0 aliphatic heterocycles. The van der Waals surface area contributed by atoms with Crippen LogP contribution in [0.15, 0.2) is 35.5 Å². The van der Waals surface area contributed by atoms with Crippen molar-refractivity contribution in [3.63, 3.8) is 0 Å². The Labute approximate surface area is 195 Å². The number of aromatic nitrogens is 1. The molecule has 0 unspecified atom stereocenters. The van der Waals surface area contributed by atoms with E-state index in [9.17, 15) is 4.79 Å². The first-order chi connectivity index (χ1) is 13.6. The van der Waals surface area contributed by atoms with Crippen molar-refractivity contribution in [2.24, 2.45) is 4.99 Å². The molecule has 0 aliphatic carbocycles. The minimum absolute atomic E-state index is 0. The summed E-state index contributed by atoms with van der Waals surface area (Å²) >= 11 is 1.77. The van der Waals surface area contributed by atoms with Gasteiger partial charge in [-0.05, 0) is 37.5 Å². The van der Waals surface area contributed by atoms with E-state index in [2.05, 4.69) is 39.8 Å². The zero-order valence-electron chi connectivity index (χ0n) is 17.5. The number of aryl methyl sites for hydroxylation is 1. The zero-order chi connectivity index (χ0) is 20.2. The van der Waals surface area contributed by atoms with Crippen molar-refractivity contribution in [1.29, 1.82) is 0 Å². The third-order valence-corrected chi connectivity index (χ3v) is 5.23. The molecule has 6 nitrogen and oxygen atoms in total. The lowest BCUT2D eigenvalue weighted by Gasteiger charge is -2.11. The topological polar surface area (TPSA) is 78.4 Å². The Morgan fingerprint density at radius 2 is 2.03 bits per heavy atom. The molecule has 2 aromatic rings. The van der Waals surface area contributed by atoms with Crippen LogP contribution in [0, 0.1) is 0 Å². The number of hydrogen-bond acceptors (Lipinski definition) is 4. The van der Waals surface area contributed by atoms with Crippen LogP contribution in [-0.2, 0) is 24.2 Å². The molecule has 0 saturated heterocycles. The fourth-order valence-electron chi connectivity index (χ4n) is 2.62. The molecule has 1 heterocycles. The number of nitrogens with one attached hydrogen (secondary N) is 3. The Morgan fingerprint density at radius 3 is 2.72 bits per heavy atom. The number of anilines is 1. The van der Waals surface area contributed by atoms with E-state index in [1.54, 1.807) is 11.3 Å². The average Bonchev–Trinajstić information content (AvgIpc) is 3.14. The highest BCUT2D eigenvalue weighted by Crippen LogP contribution is 2.14. The van der Waals surface area contributed by atoms with Crippen molar-refractivity contribution >= 4 is 52.9 Å². The molecule has 0 aliphatic rings. The molecular weight excluding hydrogens is 497 g/mol. The first-order valence-electron chi connectivity index (χ1n) is 9.99. The summed E-state index contributed by atoms with van der Waals surface area (Å²) in [5, 5.41) is 10.7. The van der Waals surface area contributed by atoms with Gasteiger partial charge in [-0.25, -0.2) is 9.98 Å². The van der Waals surface area contributed by atoms with Gasteiger partial charge >= 0.3 is 0 Å². The van der Waals surface area contributed by atoms with Crippen molar-refractivity contribution in [2.45, 2.75) is 53.0 Å². The molecule has 0 atom stereocenters. The maximum Gasteiger partial charge on any atom is 0.224 e. The second-order valence-corrected chi connectivity index (χ2v) is 7.64. The van der Waals surface area contributed by atoms with Crippen LogP contribution in [-0.4, -0.2) is 29.9 Å². The number of hydrogen-bond donors (Lipinski definition) is 3. The van der Waals surface area contributed by atoms with E-state index in [1.807, 2.05) is 37.4 Å². The maximum atomic E-state index is 11.8. The van der Waals surface area contributed by atoms with Gasteiger partial charge < -0.3 is 16.0 Å². The number of thiazole rings is 1. The second-order valence-electron chi connectivity index (χ2n) is 6.44. The summed E-state index contributed by atoms with van der Waals surface area (Å²) in [4.78, 5) is 22.2. The first-order valence-corrected chi connectivity index (χ1v) is 10.8. The summed E-state index contributed by atoms with van der Waals surface area (Å²) in [7, 11) is 0. The van der Waals surface area contributed by atoms with Crippen molar-refractivity contribution in [3.8, 4) is 0 Å². The Morgan fingerprint density at radius 1 is 1.21 bits per heavy atom. The number of benzene rings is 1. The molecule has 29 heavy (non-hydrogen) atoms. The smallest absolute Gasteiger partial charge is 0.224 e. The number of guanidine groups is 1. The van der Waals surface area contributed by atoms with E-state index in [1.165, 1.54) is 4.88 Å². The minimum Gasteiger partial charge on any atom is -0.357 e. The Hall–Kier alpha value is -1.68. The van der Waals surface area contributed by atoms with Crippen LogP contribution in [0.2, 0.25) is 0 Å². The molecular formula is C21H32IN5OS. The van der Waals surface area contributed by atoms with Gasteiger partial charge in [-0.2, -0.15) is 0 Å². The number of aliphatic imine (C=N–C) groups is 1. The highest BCUT2D eigenvalue weighted by molar-refractivity contribution is 14.0. The van der Waals surface area contributed by atoms with Crippen LogP contribution < -0.4 is 16.0 Å². The number of halogens is 1. The summed E-state index contributed by atoms with van der Waals surface area (Å²) in [6.45, 7) is 8.33. The molecule has 0 saturated carbocycles. The summed E-state index contributed by atoms with van der Waals surface area (Å²) < 4.78 is 0. The van der Waals surface area contributed by atoms with E-state index in [0.29, 0.717) is 13.0 Å². The summed E-state index contributed by atoms with van der Waals surface area (Å²) in [6.07, 6.45) is 5.26. The molecule has 160 valence electrons. The quantitative estimate of drug-likeness (QED) is 0.243. The van der Waals surface area contributed by atoms with Gasteiger partial charge in [0.1, 0.15) is 0 Å². The average molecular weight is 529 g/mol. The molecule has 8 heteroatoms. The van der Waals surface area contributed by atoms with Gasteiger partial charge in [-0.3, -0.25) is 4.79 Å². The van der Waals surface area contributed by atoms with E-state index in [4.69, 9.17) is 0 Å². The molecule has 3 N–H and O–H groups in total. The van der Waals surface area contributed by atoms with Gasteiger partial charge in [0.15, 0.2) is 5.96 Å². The van der Waals surface area contributed by atoms with E-state index in [-0.39, 0.29) is 29.9 Å². The third-order valence-electron chi connectivity index (χ3n) is 4.03.